The zero-order chi connectivity index (χ0) is 21.2. The summed E-state index contributed by atoms with van der Waals surface area (Å²) in [7, 11) is -3.64. The van der Waals surface area contributed by atoms with Crippen LogP contribution in [0.2, 0.25) is 0 Å². The van der Waals surface area contributed by atoms with Gasteiger partial charge in [-0.1, -0.05) is 19.9 Å². The van der Waals surface area contributed by atoms with Gasteiger partial charge in [0.05, 0.1) is 17.8 Å². The van der Waals surface area contributed by atoms with E-state index in [0.717, 1.165) is 33.8 Å². The summed E-state index contributed by atoms with van der Waals surface area (Å²) in [5.41, 5.74) is 1.37. The number of rotatable bonds is 7. The Morgan fingerprint density at radius 3 is 2.55 bits per heavy atom. The number of imidazole rings is 1. The van der Waals surface area contributed by atoms with Crippen molar-refractivity contribution < 1.29 is 8.42 Å². The number of aromatic nitrogens is 2. The Hall–Kier alpha value is -1.96. The minimum Gasteiger partial charge on any atom is -0.332 e. The number of thiophene rings is 1. The predicted molar refractivity (Wildman–Crippen MR) is 120 cm³/mol. The van der Waals surface area contributed by atoms with Gasteiger partial charge in [-0.3, -0.25) is 0 Å². The van der Waals surface area contributed by atoms with Gasteiger partial charge < -0.3 is 4.57 Å². The van der Waals surface area contributed by atoms with Crippen LogP contribution in [0, 0.1) is 5.92 Å². The van der Waals surface area contributed by atoms with Gasteiger partial charge >= 0.3 is 0 Å². The second kappa shape index (κ2) is 8.42. The molecule has 0 bridgehead atoms. The number of sulfonamides is 1. The number of hydrogen-bond acceptors (Lipinski definition) is 4. The Balaban J connectivity index is 2.03. The molecule has 0 radical (unpaired) electrons. The summed E-state index contributed by atoms with van der Waals surface area (Å²) in [4.78, 5) is 6.52. The minimum atomic E-state index is -3.64. The van der Waals surface area contributed by atoms with Gasteiger partial charge in [-0.2, -0.15) is 0 Å². The van der Waals surface area contributed by atoms with Crippen LogP contribution in [0.5, 0.6) is 0 Å². The van der Waals surface area contributed by atoms with E-state index in [0.29, 0.717) is 10.8 Å². The molecule has 3 aromatic rings. The van der Waals surface area contributed by atoms with E-state index in [2.05, 4.69) is 29.6 Å². The Labute approximate surface area is 177 Å². The Kier molecular flexibility index (Phi) is 6.31. The largest absolute Gasteiger partial charge is 0.332 e. The molecule has 5 nitrogen and oxygen atoms in total. The quantitative estimate of drug-likeness (QED) is 0.576. The van der Waals surface area contributed by atoms with E-state index in [1.54, 1.807) is 29.9 Å². The lowest BCUT2D eigenvalue weighted by atomic mass is 10.0. The molecule has 0 unspecified atom stereocenters. The molecule has 1 N–H and O–H groups in total. The summed E-state index contributed by atoms with van der Waals surface area (Å²) in [6.07, 6.45) is 6.37. The molecule has 0 aliphatic heterocycles. The van der Waals surface area contributed by atoms with Crippen LogP contribution in [0.25, 0.3) is 10.4 Å². The highest BCUT2D eigenvalue weighted by atomic mass is 32.2. The second-order valence-electron chi connectivity index (χ2n) is 8.78. The molecule has 0 amide bonds. The fourth-order valence-electron chi connectivity index (χ4n) is 3.23. The van der Waals surface area contributed by atoms with E-state index in [-0.39, 0.29) is 0 Å². The molecule has 1 aromatic carbocycles. The van der Waals surface area contributed by atoms with Crippen LogP contribution in [-0.2, 0) is 23.0 Å². The third kappa shape index (κ3) is 5.78. The van der Waals surface area contributed by atoms with E-state index >= 15 is 0 Å². The van der Waals surface area contributed by atoms with Gasteiger partial charge in [-0.25, -0.2) is 18.1 Å². The van der Waals surface area contributed by atoms with Crippen molar-refractivity contribution >= 4 is 21.4 Å². The first-order valence-electron chi connectivity index (χ1n) is 9.75. The molecule has 29 heavy (non-hydrogen) atoms. The van der Waals surface area contributed by atoms with Crippen LogP contribution in [0.1, 0.15) is 45.1 Å². The lowest BCUT2D eigenvalue weighted by Gasteiger charge is -2.22. The van der Waals surface area contributed by atoms with Crippen molar-refractivity contribution in [3.05, 3.63) is 59.5 Å². The molecule has 0 aliphatic rings. The maximum absolute atomic E-state index is 13.1. The molecule has 0 saturated carbocycles. The predicted octanol–water partition coefficient (Wildman–Crippen LogP) is 4.94. The molecule has 156 valence electrons. The lowest BCUT2D eigenvalue weighted by molar-refractivity contribution is 0.491. The van der Waals surface area contributed by atoms with E-state index in [4.69, 9.17) is 0 Å². The molecule has 0 atom stereocenters. The highest BCUT2D eigenvalue weighted by molar-refractivity contribution is 7.89. The van der Waals surface area contributed by atoms with Crippen molar-refractivity contribution in [2.24, 2.45) is 5.92 Å². The van der Waals surface area contributed by atoms with Gasteiger partial charge in [0.2, 0.25) is 10.0 Å². The third-order valence-corrected chi connectivity index (χ3v) is 7.16. The third-order valence-electron chi connectivity index (χ3n) is 4.24. The molecular formula is C22H29N3O2S2. The summed E-state index contributed by atoms with van der Waals surface area (Å²) in [6, 6.07) is 9.78. The van der Waals surface area contributed by atoms with Gasteiger partial charge in [0.25, 0.3) is 0 Å². The average molecular weight is 432 g/mol. The van der Waals surface area contributed by atoms with Crippen molar-refractivity contribution in [1.82, 2.24) is 14.3 Å². The summed E-state index contributed by atoms with van der Waals surface area (Å²) in [5.74, 6) is 0.498. The molecular weight excluding hydrogens is 402 g/mol. The van der Waals surface area contributed by atoms with Crippen LogP contribution in [0.15, 0.2) is 53.9 Å². The average Bonchev–Trinajstić information content (AvgIpc) is 3.24. The zero-order valence-electron chi connectivity index (χ0n) is 17.6. The first-order chi connectivity index (χ1) is 13.5. The van der Waals surface area contributed by atoms with Crippen molar-refractivity contribution in [3.63, 3.8) is 0 Å². The van der Waals surface area contributed by atoms with E-state index in [1.165, 1.54) is 0 Å². The zero-order valence-corrected chi connectivity index (χ0v) is 19.3. The molecule has 0 saturated heterocycles. The lowest BCUT2D eigenvalue weighted by Crippen LogP contribution is -2.40. The smallest absolute Gasteiger partial charge is 0.241 e. The summed E-state index contributed by atoms with van der Waals surface area (Å²) in [5, 5.41) is 0. The van der Waals surface area contributed by atoms with Gasteiger partial charge in [0.1, 0.15) is 0 Å². The fourth-order valence-corrected chi connectivity index (χ4v) is 5.96. The molecule has 3 rings (SSSR count). The standard InChI is InChI=1S/C22H29N3O2S2/c1-16(2)12-17-6-9-21(29(26,27)24-22(3,4)5)19(13-17)20-8-7-18(28-20)14-25-11-10-23-15-25/h6-11,13,15-16,24H,12,14H2,1-5H3. The maximum atomic E-state index is 13.1. The van der Waals surface area contributed by atoms with E-state index in [9.17, 15) is 8.42 Å². The van der Waals surface area contributed by atoms with E-state index in [1.807, 2.05) is 49.7 Å². The van der Waals surface area contributed by atoms with Crippen LogP contribution in [0.3, 0.4) is 0 Å². The van der Waals surface area contributed by atoms with Crippen molar-refractivity contribution in [2.45, 2.75) is 58.0 Å². The fraction of sp³-hybridized carbons (Fsp3) is 0.409. The summed E-state index contributed by atoms with van der Waals surface area (Å²) < 4.78 is 31.0. The summed E-state index contributed by atoms with van der Waals surface area (Å²) in [6.45, 7) is 10.6. The molecule has 0 fully saturated rings. The van der Waals surface area contributed by atoms with Gasteiger partial charge in [-0.05, 0) is 62.9 Å². The first kappa shape index (κ1) is 21.7. The minimum absolute atomic E-state index is 0.330. The van der Waals surface area contributed by atoms with Gasteiger partial charge in [-0.15, -0.1) is 11.3 Å². The Morgan fingerprint density at radius 1 is 1.17 bits per heavy atom. The molecule has 2 heterocycles. The molecule has 2 aromatic heterocycles. The van der Waals surface area contributed by atoms with Crippen molar-refractivity contribution in [1.29, 1.82) is 0 Å². The van der Waals surface area contributed by atoms with Crippen LogP contribution >= 0.6 is 11.3 Å². The van der Waals surface area contributed by atoms with Gasteiger partial charge in [0, 0.05) is 33.3 Å². The van der Waals surface area contributed by atoms with Crippen molar-refractivity contribution in [2.75, 3.05) is 0 Å². The first-order valence-corrected chi connectivity index (χ1v) is 12.1. The number of hydrogen-bond donors (Lipinski definition) is 1. The SMILES string of the molecule is CC(C)Cc1ccc(S(=O)(=O)NC(C)(C)C)c(-c2ccc(Cn3ccnc3)s2)c1. The Morgan fingerprint density at radius 2 is 1.93 bits per heavy atom. The highest BCUT2D eigenvalue weighted by Crippen LogP contribution is 2.35. The summed E-state index contributed by atoms with van der Waals surface area (Å²) >= 11 is 1.62. The van der Waals surface area contributed by atoms with Gasteiger partial charge in [0.15, 0.2) is 0 Å². The number of nitrogens with zero attached hydrogens (tertiary/aromatic N) is 2. The number of benzene rings is 1. The van der Waals surface area contributed by atoms with Crippen molar-refractivity contribution in [3.8, 4) is 10.4 Å². The Bertz CT molecular complexity index is 1060. The molecule has 7 heteroatoms. The van der Waals surface area contributed by atoms with Crippen LogP contribution < -0.4 is 4.72 Å². The topological polar surface area (TPSA) is 64.0 Å². The maximum Gasteiger partial charge on any atom is 0.241 e. The van der Waals surface area contributed by atoms with Crippen LogP contribution in [-0.4, -0.2) is 23.5 Å². The van der Waals surface area contributed by atoms with Crippen LogP contribution in [0.4, 0.5) is 0 Å². The second-order valence-corrected chi connectivity index (χ2v) is 11.6. The van der Waals surface area contributed by atoms with E-state index < -0.39 is 15.6 Å². The molecule has 0 aliphatic carbocycles. The highest BCUT2D eigenvalue weighted by Gasteiger charge is 2.26. The normalized spacial score (nSPS) is 12.6. The number of nitrogens with one attached hydrogen (secondary N) is 1. The molecule has 0 spiro atoms. The monoisotopic (exact) mass is 431 g/mol.